The zero-order chi connectivity index (χ0) is 18.1. The summed E-state index contributed by atoms with van der Waals surface area (Å²) in [4.78, 5) is 32.0. The van der Waals surface area contributed by atoms with Crippen LogP contribution in [0.1, 0.15) is 30.9 Å². The van der Waals surface area contributed by atoms with E-state index in [9.17, 15) is 9.59 Å². The quantitative estimate of drug-likeness (QED) is 0.728. The molecule has 26 heavy (non-hydrogen) atoms. The molecule has 0 spiro atoms. The zero-order valence-corrected chi connectivity index (χ0v) is 14.7. The van der Waals surface area contributed by atoms with Crippen LogP contribution in [-0.4, -0.2) is 36.3 Å². The van der Waals surface area contributed by atoms with E-state index in [0.29, 0.717) is 25.8 Å². The van der Waals surface area contributed by atoms with Crippen LogP contribution in [-0.2, 0) is 31.2 Å². The van der Waals surface area contributed by atoms with Gasteiger partial charge in [0.1, 0.15) is 11.6 Å². The maximum atomic E-state index is 12.3. The molecule has 0 radical (unpaired) electrons. The van der Waals surface area contributed by atoms with Gasteiger partial charge in [-0.2, -0.15) is 5.10 Å². The normalized spacial score (nSPS) is 17.0. The maximum Gasteiger partial charge on any atom is 0.345 e. The molecule has 8 nitrogen and oxygen atoms in total. The van der Waals surface area contributed by atoms with Gasteiger partial charge in [0.15, 0.2) is 0 Å². The Bertz CT molecular complexity index is 966. The van der Waals surface area contributed by atoms with Crippen molar-refractivity contribution in [3.63, 3.8) is 0 Å². The number of H-pyrrole nitrogens is 1. The van der Waals surface area contributed by atoms with Gasteiger partial charge in [-0.15, -0.1) is 0 Å². The van der Waals surface area contributed by atoms with Gasteiger partial charge in [-0.1, -0.05) is 12.1 Å². The number of amides is 1. The number of hydrogen-bond donors (Lipinski definition) is 2. The number of fused-ring (bicyclic) bond motifs is 2. The number of aromatic nitrogens is 5. The zero-order valence-electron chi connectivity index (χ0n) is 14.7. The van der Waals surface area contributed by atoms with E-state index in [1.54, 1.807) is 11.6 Å². The summed E-state index contributed by atoms with van der Waals surface area (Å²) in [7, 11) is 1.67. The topological polar surface area (TPSA) is 97.6 Å². The predicted octanol–water partition coefficient (Wildman–Crippen LogP) is 0.912. The van der Waals surface area contributed by atoms with Crippen LogP contribution in [0.4, 0.5) is 0 Å². The van der Waals surface area contributed by atoms with E-state index in [0.717, 1.165) is 35.5 Å². The smallest absolute Gasteiger partial charge is 0.345 e. The van der Waals surface area contributed by atoms with Gasteiger partial charge < -0.3 is 10.3 Å². The van der Waals surface area contributed by atoms with Crippen LogP contribution in [0.3, 0.4) is 0 Å². The van der Waals surface area contributed by atoms with Crippen molar-refractivity contribution >= 4 is 16.9 Å². The van der Waals surface area contributed by atoms with Crippen molar-refractivity contribution in [3.05, 3.63) is 46.4 Å². The molecule has 8 heteroatoms. The Kier molecular flexibility index (Phi) is 4.32. The summed E-state index contributed by atoms with van der Waals surface area (Å²) in [6.07, 6.45) is 3.21. The Morgan fingerprint density at radius 1 is 1.35 bits per heavy atom. The van der Waals surface area contributed by atoms with E-state index in [1.165, 1.54) is 4.68 Å². The molecule has 0 fully saturated rings. The molecule has 1 amide bonds. The molecular formula is C18H22N6O2. The van der Waals surface area contributed by atoms with Gasteiger partial charge in [0, 0.05) is 38.9 Å². The average molecular weight is 354 g/mol. The highest BCUT2D eigenvalue weighted by Gasteiger charge is 2.21. The number of nitrogens with zero attached hydrogens (tertiary/aromatic N) is 4. The number of aryl methyl sites for hydroxylation is 3. The van der Waals surface area contributed by atoms with Crippen LogP contribution < -0.4 is 11.0 Å². The number of nitrogens with one attached hydrogen (secondary N) is 2. The number of aromatic amines is 1. The molecule has 136 valence electrons. The minimum absolute atomic E-state index is 0.0166. The second kappa shape index (κ2) is 6.78. The summed E-state index contributed by atoms with van der Waals surface area (Å²) in [5.41, 5.74) is 1.82. The van der Waals surface area contributed by atoms with E-state index in [4.69, 9.17) is 0 Å². The first-order chi connectivity index (χ1) is 12.6. The van der Waals surface area contributed by atoms with E-state index < -0.39 is 0 Å². The van der Waals surface area contributed by atoms with Crippen molar-refractivity contribution in [2.45, 2.75) is 44.7 Å². The molecule has 3 heterocycles. The van der Waals surface area contributed by atoms with Gasteiger partial charge in [0.2, 0.25) is 5.91 Å². The standard InChI is InChI=1S/C18H22N6O2/c1-23-18(26)24-11-10-12(6-8-16(24)22-23)19-17(25)9-7-15-20-13-4-2-3-5-14(13)21-15/h2-5,12H,6-11H2,1H3,(H,19,25)(H,20,21). The van der Waals surface area contributed by atoms with Crippen LogP contribution in [0.2, 0.25) is 0 Å². The molecule has 0 aliphatic carbocycles. The minimum Gasteiger partial charge on any atom is -0.353 e. The summed E-state index contributed by atoms with van der Waals surface area (Å²) >= 11 is 0. The molecule has 0 saturated heterocycles. The van der Waals surface area contributed by atoms with Crippen LogP contribution in [0, 0.1) is 0 Å². The highest BCUT2D eigenvalue weighted by molar-refractivity contribution is 5.77. The van der Waals surface area contributed by atoms with Crippen LogP contribution >= 0.6 is 0 Å². The van der Waals surface area contributed by atoms with Crippen molar-refractivity contribution in [3.8, 4) is 0 Å². The van der Waals surface area contributed by atoms with Gasteiger partial charge >= 0.3 is 5.69 Å². The molecule has 1 aromatic carbocycles. The number of benzene rings is 1. The second-order valence-electron chi connectivity index (χ2n) is 6.77. The maximum absolute atomic E-state index is 12.3. The number of rotatable bonds is 4. The van der Waals surface area contributed by atoms with Crippen molar-refractivity contribution in [2.75, 3.05) is 0 Å². The van der Waals surface area contributed by atoms with Crippen molar-refractivity contribution < 1.29 is 4.79 Å². The molecule has 1 aliphatic heterocycles. The number of carbonyl (C=O) groups excluding carboxylic acids is 1. The summed E-state index contributed by atoms with van der Waals surface area (Å²) in [6.45, 7) is 0.594. The number of imidazole rings is 1. The molecule has 2 aromatic heterocycles. The molecule has 1 aliphatic rings. The molecule has 0 saturated carbocycles. The van der Waals surface area contributed by atoms with Crippen molar-refractivity contribution in [1.29, 1.82) is 0 Å². The Hall–Kier alpha value is -2.90. The minimum atomic E-state index is -0.0862. The number of hydrogen-bond acceptors (Lipinski definition) is 4. The number of carbonyl (C=O) groups is 1. The molecule has 0 bridgehead atoms. The second-order valence-corrected chi connectivity index (χ2v) is 6.77. The molecule has 3 aromatic rings. The molecule has 2 N–H and O–H groups in total. The van der Waals surface area contributed by atoms with Gasteiger partial charge in [-0.05, 0) is 25.0 Å². The Balaban J connectivity index is 1.31. The van der Waals surface area contributed by atoms with Crippen molar-refractivity contribution in [1.82, 2.24) is 29.6 Å². The Morgan fingerprint density at radius 2 is 2.19 bits per heavy atom. The van der Waals surface area contributed by atoms with Gasteiger partial charge in [0.05, 0.1) is 11.0 Å². The fourth-order valence-electron chi connectivity index (χ4n) is 3.50. The fourth-order valence-corrected chi connectivity index (χ4v) is 3.50. The fraction of sp³-hybridized carbons (Fsp3) is 0.444. The van der Waals surface area contributed by atoms with E-state index in [2.05, 4.69) is 20.4 Å². The summed E-state index contributed by atoms with van der Waals surface area (Å²) < 4.78 is 3.09. The third kappa shape index (κ3) is 3.26. The van der Waals surface area contributed by atoms with Crippen LogP contribution in [0.5, 0.6) is 0 Å². The lowest BCUT2D eigenvalue weighted by Crippen LogP contribution is -2.35. The van der Waals surface area contributed by atoms with E-state index in [-0.39, 0.29) is 17.6 Å². The summed E-state index contributed by atoms with van der Waals surface area (Å²) in [6, 6.07) is 7.91. The van der Waals surface area contributed by atoms with E-state index >= 15 is 0 Å². The first-order valence-corrected chi connectivity index (χ1v) is 8.96. The highest BCUT2D eigenvalue weighted by Crippen LogP contribution is 2.13. The monoisotopic (exact) mass is 354 g/mol. The Morgan fingerprint density at radius 3 is 3.04 bits per heavy atom. The first kappa shape index (κ1) is 16.6. The van der Waals surface area contributed by atoms with Crippen molar-refractivity contribution in [2.24, 2.45) is 7.05 Å². The lowest BCUT2D eigenvalue weighted by Gasteiger charge is -2.15. The van der Waals surface area contributed by atoms with Gasteiger partial charge in [-0.25, -0.2) is 14.5 Å². The largest absolute Gasteiger partial charge is 0.353 e. The van der Waals surface area contributed by atoms with E-state index in [1.807, 2.05) is 24.3 Å². The lowest BCUT2D eigenvalue weighted by molar-refractivity contribution is -0.121. The average Bonchev–Trinajstić information content (AvgIpc) is 3.10. The third-order valence-corrected chi connectivity index (χ3v) is 4.89. The van der Waals surface area contributed by atoms with Gasteiger partial charge in [0.25, 0.3) is 0 Å². The predicted molar refractivity (Wildman–Crippen MR) is 96.8 cm³/mol. The highest BCUT2D eigenvalue weighted by atomic mass is 16.2. The molecule has 4 rings (SSSR count). The van der Waals surface area contributed by atoms with Gasteiger partial charge in [-0.3, -0.25) is 9.36 Å². The van der Waals surface area contributed by atoms with Crippen LogP contribution in [0.25, 0.3) is 11.0 Å². The molecule has 1 atom stereocenters. The Labute approximate surface area is 150 Å². The number of para-hydroxylation sites is 2. The molecule has 1 unspecified atom stereocenters. The third-order valence-electron chi connectivity index (χ3n) is 4.89. The lowest BCUT2D eigenvalue weighted by atomic mass is 10.1. The SMILES string of the molecule is Cn1nc2n(c1=O)CCC(NC(=O)CCc1nc3ccccc3[nH]1)CC2. The first-order valence-electron chi connectivity index (χ1n) is 8.96. The summed E-state index contributed by atoms with van der Waals surface area (Å²) in [5.74, 6) is 1.64. The van der Waals surface area contributed by atoms with Crippen LogP contribution in [0.15, 0.2) is 29.1 Å². The molecular weight excluding hydrogens is 332 g/mol. The summed E-state index contributed by atoms with van der Waals surface area (Å²) in [5, 5.41) is 7.35.